The minimum Gasteiger partial charge on any atom is -0.315 e. The third kappa shape index (κ3) is 1.60. The van der Waals surface area contributed by atoms with Gasteiger partial charge in [-0.3, -0.25) is 0 Å². The van der Waals surface area contributed by atoms with Crippen LogP contribution in [-0.2, 0) is 10.0 Å². The molecule has 0 radical (unpaired) electrons. The first kappa shape index (κ1) is 10.1. The van der Waals surface area contributed by atoms with E-state index in [1.165, 1.54) is 6.08 Å². The third-order valence-corrected chi connectivity index (χ3v) is 4.90. The number of nitrogens with zero attached hydrogens (tertiary/aromatic N) is 1. The molecule has 2 saturated heterocycles. The lowest BCUT2D eigenvalue weighted by Crippen LogP contribution is -2.39. The van der Waals surface area contributed by atoms with E-state index < -0.39 is 10.0 Å². The van der Waals surface area contributed by atoms with Crippen molar-refractivity contribution in [2.75, 3.05) is 25.4 Å². The lowest BCUT2D eigenvalue weighted by Gasteiger charge is -2.21. The summed E-state index contributed by atoms with van der Waals surface area (Å²) in [4.78, 5) is 0. The van der Waals surface area contributed by atoms with Gasteiger partial charge in [-0.1, -0.05) is 6.08 Å². The fraction of sp³-hybridized carbons (Fsp3) is 0.778. The highest BCUT2D eigenvalue weighted by atomic mass is 32.2. The van der Waals surface area contributed by atoms with Gasteiger partial charge in [-0.15, -0.1) is 6.58 Å². The van der Waals surface area contributed by atoms with Crippen molar-refractivity contribution in [3.8, 4) is 0 Å². The van der Waals surface area contributed by atoms with Gasteiger partial charge in [-0.2, -0.15) is 4.31 Å². The monoisotopic (exact) mass is 216 g/mol. The van der Waals surface area contributed by atoms with Crippen LogP contribution in [0.4, 0.5) is 0 Å². The third-order valence-electron chi connectivity index (χ3n) is 3.08. The average molecular weight is 216 g/mol. The molecule has 14 heavy (non-hydrogen) atoms. The molecule has 0 aromatic carbocycles. The van der Waals surface area contributed by atoms with Crippen LogP contribution < -0.4 is 5.32 Å². The largest absolute Gasteiger partial charge is 0.315 e. The van der Waals surface area contributed by atoms with Crippen LogP contribution in [0.2, 0.25) is 0 Å². The lowest BCUT2D eigenvalue weighted by molar-refractivity contribution is 0.384. The molecule has 2 aliphatic heterocycles. The molecule has 0 bridgehead atoms. The van der Waals surface area contributed by atoms with Gasteiger partial charge in [-0.25, -0.2) is 8.42 Å². The molecule has 4 nitrogen and oxygen atoms in total. The zero-order valence-electron chi connectivity index (χ0n) is 8.15. The van der Waals surface area contributed by atoms with Crippen molar-refractivity contribution in [2.24, 2.45) is 5.92 Å². The SMILES string of the molecule is C=CCS(=O)(=O)N1CCC2CNCC21. The molecule has 0 aromatic heterocycles. The van der Waals surface area contributed by atoms with E-state index in [0.717, 1.165) is 19.5 Å². The summed E-state index contributed by atoms with van der Waals surface area (Å²) in [6.45, 7) is 5.94. The number of fused-ring (bicyclic) bond motifs is 1. The minimum absolute atomic E-state index is 0.0657. The summed E-state index contributed by atoms with van der Waals surface area (Å²) >= 11 is 0. The standard InChI is InChI=1S/C9H16N2O2S/c1-2-5-14(12,13)11-4-3-8-6-10-7-9(8)11/h2,8-10H,1,3-7H2. The Morgan fingerprint density at radius 1 is 1.50 bits per heavy atom. The maximum absolute atomic E-state index is 11.8. The summed E-state index contributed by atoms with van der Waals surface area (Å²) in [5, 5.41) is 3.24. The first-order chi connectivity index (χ1) is 6.65. The van der Waals surface area contributed by atoms with Crippen LogP contribution in [0.5, 0.6) is 0 Å². The number of sulfonamides is 1. The first-order valence-corrected chi connectivity index (χ1v) is 6.57. The van der Waals surface area contributed by atoms with Crippen molar-refractivity contribution in [1.82, 2.24) is 9.62 Å². The van der Waals surface area contributed by atoms with Crippen molar-refractivity contribution in [3.63, 3.8) is 0 Å². The van der Waals surface area contributed by atoms with E-state index in [-0.39, 0.29) is 11.8 Å². The van der Waals surface area contributed by atoms with Gasteiger partial charge in [0.1, 0.15) is 0 Å². The van der Waals surface area contributed by atoms with E-state index in [9.17, 15) is 8.42 Å². The molecule has 2 aliphatic rings. The van der Waals surface area contributed by atoms with Crippen LogP contribution in [-0.4, -0.2) is 44.2 Å². The van der Waals surface area contributed by atoms with Gasteiger partial charge in [0.05, 0.1) is 5.75 Å². The number of hydrogen-bond acceptors (Lipinski definition) is 3. The Morgan fingerprint density at radius 2 is 2.29 bits per heavy atom. The Hall–Kier alpha value is -0.390. The maximum Gasteiger partial charge on any atom is 0.217 e. The van der Waals surface area contributed by atoms with Crippen molar-refractivity contribution < 1.29 is 8.42 Å². The molecule has 2 heterocycles. The molecule has 0 spiro atoms. The zero-order valence-corrected chi connectivity index (χ0v) is 8.96. The van der Waals surface area contributed by atoms with E-state index in [2.05, 4.69) is 11.9 Å². The Kier molecular flexibility index (Phi) is 2.64. The molecule has 2 fully saturated rings. The van der Waals surface area contributed by atoms with Crippen LogP contribution in [0.1, 0.15) is 6.42 Å². The van der Waals surface area contributed by atoms with Crippen molar-refractivity contribution in [1.29, 1.82) is 0 Å². The highest BCUT2D eigenvalue weighted by Gasteiger charge is 2.42. The first-order valence-electron chi connectivity index (χ1n) is 4.96. The average Bonchev–Trinajstić information content (AvgIpc) is 2.60. The molecule has 0 aliphatic carbocycles. The lowest BCUT2D eigenvalue weighted by atomic mass is 10.1. The Bertz CT molecular complexity index is 326. The molecule has 2 unspecified atom stereocenters. The predicted molar refractivity (Wildman–Crippen MR) is 55.5 cm³/mol. The van der Waals surface area contributed by atoms with Crippen molar-refractivity contribution in [3.05, 3.63) is 12.7 Å². The number of nitrogens with one attached hydrogen (secondary N) is 1. The molecule has 0 saturated carbocycles. The normalized spacial score (nSPS) is 33.1. The summed E-state index contributed by atoms with van der Waals surface area (Å²) < 4.78 is 25.3. The predicted octanol–water partition coefficient (Wildman–Crippen LogP) is -0.204. The van der Waals surface area contributed by atoms with Crippen LogP contribution in [0.3, 0.4) is 0 Å². The fourth-order valence-corrected chi connectivity index (χ4v) is 3.93. The van der Waals surface area contributed by atoms with Gasteiger partial charge in [0.15, 0.2) is 0 Å². The van der Waals surface area contributed by atoms with Gasteiger partial charge in [-0.05, 0) is 18.9 Å². The highest BCUT2D eigenvalue weighted by molar-refractivity contribution is 7.89. The number of hydrogen-bond donors (Lipinski definition) is 1. The molecule has 2 atom stereocenters. The molecule has 1 N–H and O–H groups in total. The van der Waals surface area contributed by atoms with E-state index >= 15 is 0 Å². The topological polar surface area (TPSA) is 49.4 Å². The van der Waals surface area contributed by atoms with E-state index in [4.69, 9.17) is 0 Å². The van der Waals surface area contributed by atoms with Crippen LogP contribution >= 0.6 is 0 Å². The van der Waals surface area contributed by atoms with Gasteiger partial charge in [0.2, 0.25) is 10.0 Å². The molecule has 0 amide bonds. The van der Waals surface area contributed by atoms with Gasteiger partial charge >= 0.3 is 0 Å². The summed E-state index contributed by atoms with van der Waals surface area (Å²) in [6.07, 6.45) is 2.46. The van der Waals surface area contributed by atoms with Crippen LogP contribution in [0, 0.1) is 5.92 Å². The van der Waals surface area contributed by atoms with E-state index in [1.807, 2.05) is 0 Å². The smallest absolute Gasteiger partial charge is 0.217 e. The van der Waals surface area contributed by atoms with Gasteiger partial charge in [0, 0.05) is 19.1 Å². The molecule has 80 valence electrons. The van der Waals surface area contributed by atoms with E-state index in [1.54, 1.807) is 4.31 Å². The molecular formula is C9H16N2O2S. The van der Waals surface area contributed by atoms with Crippen molar-refractivity contribution >= 4 is 10.0 Å². The maximum atomic E-state index is 11.8. The summed E-state index contributed by atoms with van der Waals surface area (Å²) in [6, 6.07) is 0.194. The zero-order chi connectivity index (χ0) is 10.2. The quantitative estimate of drug-likeness (QED) is 0.664. The Morgan fingerprint density at radius 3 is 3.00 bits per heavy atom. The second kappa shape index (κ2) is 3.64. The second-order valence-corrected chi connectivity index (χ2v) is 5.92. The molecular weight excluding hydrogens is 200 g/mol. The van der Waals surface area contributed by atoms with Crippen LogP contribution in [0.25, 0.3) is 0 Å². The van der Waals surface area contributed by atoms with Gasteiger partial charge in [0.25, 0.3) is 0 Å². The fourth-order valence-electron chi connectivity index (χ4n) is 2.40. The second-order valence-electron chi connectivity index (χ2n) is 3.95. The summed E-state index contributed by atoms with van der Waals surface area (Å²) in [5.41, 5.74) is 0. The van der Waals surface area contributed by atoms with Crippen molar-refractivity contribution in [2.45, 2.75) is 12.5 Å². The molecule has 2 rings (SSSR count). The van der Waals surface area contributed by atoms with E-state index in [0.29, 0.717) is 12.5 Å². The van der Waals surface area contributed by atoms with Crippen LogP contribution in [0.15, 0.2) is 12.7 Å². The summed E-state index contributed by atoms with van der Waals surface area (Å²) in [7, 11) is -3.09. The number of rotatable bonds is 3. The molecule has 5 heteroatoms. The Balaban J connectivity index is 2.15. The highest BCUT2D eigenvalue weighted by Crippen LogP contribution is 2.29. The summed E-state index contributed by atoms with van der Waals surface area (Å²) in [5.74, 6) is 0.588. The Labute approximate surface area is 85.0 Å². The van der Waals surface area contributed by atoms with Gasteiger partial charge < -0.3 is 5.32 Å². The molecule has 0 aromatic rings. The minimum atomic E-state index is -3.09.